The molecule has 2 aromatic rings. The van der Waals surface area contributed by atoms with Crippen LogP contribution < -0.4 is 9.47 Å². The van der Waals surface area contributed by atoms with Gasteiger partial charge in [-0.3, -0.25) is 9.59 Å². The maximum Gasteiger partial charge on any atom is 0.295 e. The summed E-state index contributed by atoms with van der Waals surface area (Å²) in [4.78, 5) is 27.5. The molecule has 0 aromatic heterocycles. The first-order valence-corrected chi connectivity index (χ1v) is 11.5. The molecule has 3 rings (SSSR count). The molecule has 1 N–H and O–H groups in total. The van der Waals surface area contributed by atoms with E-state index < -0.39 is 17.7 Å². The second-order valence-corrected chi connectivity index (χ2v) is 8.96. The molecule has 0 radical (unpaired) electrons. The summed E-state index contributed by atoms with van der Waals surface area (Å²) in [5.41, 5.74) is 1.27. The molecule has 1 atom stereocenters. The minimum absolute atomic E-state index is 0.0222. The zero-order valence-electron chi connectivity index (χ0n) is 20.0. The lowest BCUT2D eigenvalue weighted by Crippen LogP contribution is -2.30. The molecular formula is C27H33NO5. The maximum absolute atomic E-state index is 13.0. The van der Waals surface area contributed by atoms with Crippen LogP contribution in [-0.4, -0.2) is 41.0 Å². The number of likely N-dealkylation sites (tertiary alicyclic amines) is 1. The van der Waals surface area contributed by atoms with Gasteiger partial charge >= 0.3 is 0 Å². The van der Waals surface area contributed by atoms with Crippen molar-refractivity contribution in [1.29, 1.82) is 0 Å². The first kappa shape index (κ1) is 24.4. The van der Waals surface area contributed by atoms with Gasteiger partial charge in [-0.1, -0.05) is 32.9 Å². The number of aliphatic hydroxyl groups excluding tert-OH is 1. The lowest BCUT2D eigenvalue weighted by atomic mass is 9.95. The fraction of sp³-hybridized carbons (Fsp3) is 0.407. The highest BCUT2D eigenvalue weighted by atomic mass is 16.5. The Kier molecular flexibility index (Phi) is 7.79. The molecule has 2 aromatic carbocycles. The summed E-state index contributed by atoms with van der Waals surface area (Å²) >= 11 is 0. The van der Waals surface area contributed by atoms with Crippen LogP contribution in [0.2, 0.25) is 0 Å². The summed E-state index contributed by atoms with van der Waals surface area (Å²) < 4.78 is 11.5. The van der Waals surface area contributed by atoms with Gasteiger partial charge in [-0.2, -0.15) is 0 Å². The lowest BCUT2D eigenvalue weighted by Gasteiger charge is -2.25. The molecule has 0 bridgehead atoms. The van der Waals surface area contributed by atoms with Gasteiger partial charge in [0, 0.05) is 12.1 Å². The number of nitrogens with zero attached hydrogens (tertiary/aromatic N) is 1. The first-order valence-electron chi connectivity index (χ1n) is 11.5. The number of ketones is 1. The molecule has 1 saturated heterocycles. The SMILES string of the molecule is CCCN1C(=O)C(=O)/C(=C(\O)c2ccc(OC(C)C)cc2)C1c1cccc(OCC(C)C)c1. The van der Waals surface area contributed by atoms with Crippen molar-refractivity contribution >= 4 is 17.4 Å². The molecule has 33 heavy (non-hydrogen) atoms. The van der Waals surface area contributed by atoms with E-state index in [1.807, 2.05) is 45.0 Å². The molecule has 1 aliphatic rings. The summed E-state index contributed by atoms with van der Waals surface area (Å²) in [6.07, 6.45) is 0.711. The Morgan fingerprint density at radius 3 is 2.33 bits per heavy atom. The monoisotopic (exact) mass is 451 g/mol. The molecule has 1 unspecified atom stereocenters. The van der Waals surface area contributed by atoms with E-state index in [2.05, 4.69) is 13.8 Å². The zero-order valence-corrected chi connectivity index (χ0v) is 20.0. The maximum atomic E-state index is 13.0. The quantitative estimate of drug-likeness (QED) is 0.316. The third kappa shape index (κ3) is 5.56. The second-order valence-electron chi connectivity index (χ2n) is 8.96. The average molecular weight is 452 g/mol. The Hall–Kier alpha value is -3.28. The highest BCUT2D eigenvalue weighted by molar-refractivity contribution is 6.46. The van der Waals surface area contributed by atoms with Crippen LogP contribution >= 0.6 is 0 Å². The van der Waals surface area contributed by atoms with E-state index in [1.54, 1.807) is 24.3 Å². The lowest BCUT2D eigenvalue weighted by molar-refractivity contribution is -0.139. The topological polar surface area (TPSA) is 76.1 Å². The second kappa shape index (κ2) is 10.6. The largest absolute Gasteiger partial charge is 0.507 e. The fourth-order valence-electron chi connectivity index (χ4n) is 3.85. The summed E-state index contributed by atoms with van der Waals surface area (Å²) in [6.45, 7) is 10.9. The van der Waals surface area contributed by atoms with E-state index >= 15 is 0 Å². The van der Waals surface area contributed by atoms with E-state index in [0.717, 1.165) is 5.56 Å². The van der Waals surface area contributed by atoms with Gasteiger partial charge in [0.2, 0.25) is 0 Å². The standard InChI is InChI=1S/C27H33NO5/c1-6-14-28-24(20-8-7-9-22(15-20)32-16-17(2)3)23(26(30)27(28)31)25(29)19-10-12-21(13-11-19)33-18(4)5/h7-13,15,17-18,24,29H,6,14,16H2,1-5H3/b25-23-. The molecular weight excluding hydrogens is 418 g/mol. The van der Waals surface area contributed by atoms with Crippen molar-refractivity contribution in [1.82, 2.24) is 4.90 Å². The first-order chi connectivity index (χ1) is 15.7. The molecule has 6 nitrogen and oxygen atoms in total. The number of amides is 1. The van der Waals surface area contributed by atoms with E-state index in [0.29, 0.717) is 42.6 Å². The normalized spacial score (nSPS) is 17.8. The van der Waals surface area contributed by atoms with Crippen LogP contribution in [0.15, 0.2) is 54.1 Å². The summed E-state index contributed by atoms with van der Waals surface area (Å²) in [7, 11) is 0. The summed E-state index contributed by atoms with van der Waals surface area (Å²) in [6, 6.07) is 13.6. The van der Waals surface area contributed by atoms with E-state index in [1.165, 1.54) is 4.90 Å². The Labute approximate surface area is 195 Å². The van der Waals surface area contributed by atoms with Crippen LogP contribution in [0.1, 0.15) is 58.2 Å². The molecule has 176 valence electrons. The van der Waals surface area contributed by atoms with Gasteiger partial charge in [-0.25, -0.2) is 0 Å². The van der Waals surface area contributed by atoms with Crippen molar-refractivity contribution in [2.45, 2.75) is 53.2 Å². The average Bonchev–Trinajstić information content (AvgIpc) is 3.03. The third-order valence-corrected chi connectivity index (χ3v) is 5.26. The molecule has 1 fully saturated rings. The van der Waals surface area contributed by atoms with Crippen molar-refractivity contribution in [3.05, 3.63) is 65.2 Å². The van der Waals surface area contributed by atoms with Crippen LogP contribution in [0.3, 0.4) is 0 Å². The van der Waals surface area contributed by atoms with Gasteiger partial charge in [0.25, 0.3) is 11.7 Å². The highest BCUT2D eigenvalue weighted by Crippen LogP contribution is 2.40. The number of carbonyl (C=O) groups excluding carboxylic acids is 2. The Morgan fingerprint density at radius 2 is 1.73 bits per heavy atom. The van der Waals surface area contributed by atoms with Crippen molar-refractivity contribution in [3.63, 3.8) is 0 Å². The molecule has 0 aliphatic carbocycles. The molecule has 1 aliphatic heterocycles. The molecule has 1 heterocycles. The molecule has 0 saturated carbocycles. The Morgan fingerprint density at radius 1 is 1.03 bits per heavy atom. The Balaban J connectivity index is 2.05. The number of aliphatic hydroxyl groups is 1. The van der Waals surface area contributed by atoms with Crippen LogP contribution in [0.5, 0.6) is 11.5 Å². The number of ether oxygens (including phenoxy) is 2. The fourth-order valence-corrected chi connectivity index (χ4v) is 3.85. The minimum Gasteiger partial charge on any atom is -0.507 e. The zero-order chi connectivity index (χ0) is 24.1. The number of Topliss-reactive ketones (excluding diaryl/α,β-unsaturated/α-hetero) is 1. The highest BCUT2D eigenvalue weighted by Gasteiger charge is 2.45. The van der Waals surface area contributed by atoms with Gasteiger partial charge < -0.3 is 19.5 Å². The van der Waals surface area contributed by atoms with Crippen molar-refractivity contribution in [3.8, 4) is 11.5 Å². The van der Waals surface area contributed by atoms with Crippen molar-refractivity contribution < 1.29 is 24.2 Å². The Bertz CT molecular complexity index is 1020. The minimum atomic E-state index is -0.681. The summed E-state index contributed by atoms with van der Waals surface area (Å²) in [5, 5.41) is 11.2. The van der Waals surface area contributed by atoms with Gasteiger partial charge in [0.1, 0.15) is 17.3 Å². The number of hydrogen-bond acceptors (Lipinski definition) is 5. The van der Waals surface area contributed by atoms with E-state index in [9.17, 15) is 14.7 Å². The van der Waals surface area contributed by atoms with E-state index in [-0.39, 0.29) is 17.4 Å². The predicted molar refractivity (Wildman–Crippen MR) is 128 cm³/mol. The third-order valence-electron chi connectivity index (χ3n) is 5.26. The van der Waals surface area contributed by atoms with Crippen LogP contribution in [0.25, 0.3) is 5.76 Å². The van der Waals surface area contributed by atoms with Crippen LogP contribution in [-0.2, 0) is 9.59 Å². The number of carbonyl (C=O) groups is 2. The molecule has 1 amide bonds. The van der Waals surface area contributed by atoms with Crippen LogP contribution in [0.4, 0.5) is 0 Å². The summed E-state index contributed by atoms with van der Waals surface area (Å²) in [5.74, 6) is 0.222. The van der Waals surface area contributed by atoms with E-state index in [4.69, 9.17) is 9.47 Å². The number of rotatable bonds is 9. The van der Waals surface area contributed by atoms with Crippen LogP contribution in [0, 0.1) is 5.92 Å². The van der Waals surface area contributed by atoms with Gasteiger partial charge in [0.15, 0.2) is 0 Å². The molecule has 0 spiro atoms. The van der Waals surface area contributed by atoms with Gasteiger partial charge in [0.05, 0.1) is 24.3 Å². The number of hydrogen-bond donors (Lipinski definition) is 1. The number of benzene rings is 2. The van der Waals surface area contributed by atoms with Crippen molar-refractivity contribution in [2.75, 3.05) is 13.2 Å². The van der Waals surface area contributed by atoms with Crippen molar-refractivity contribution in [2.24, 2.45) is 5.92 Å². The van der Waals surface area contributed by atoms with Gasteiger partial charge in [-0.15, -0.1) is 0 Å². The van der Waals surface area contributed by atoms with Gasteiger partial charge in [-0.05, 0) is 68.1 Å². The predicted octanol–water partition coefficient (Wildman–Crippen LogP) is 5.34. The molecule has 6 heteroatoms. The smallest absolute Gasteiger partial charge is 0.295 e.